The Morgan fingerprint density at radius 1 is 0.972 bits per heavy atom. The van der Waals surface area contributed by atoms with E-state index >= 15 is 0 Å². The van der Waals surface area contributed by atoms with E-state index in [4.69, 9.17) is 18.9 Å². The predicted octanol–water partition coefficient (Wildman–Crippen LogP) is 4.29. The molecule has 0 saturated carbocycles. The average molecular weight is 492 g/mol. The summed E-state index contributed by atoms with van der Waals surface area (Å²) in [7, 11) is 0. The van der Waals surface area contributed by atoms with E-state index < -0.39 is 6.29 Å². The number of benzene rings is 3. The van der Waals surface area contributed by atoms with Crippen LogP contribution in [0.3, 0.4) is 0 Å². The monoisotopic (exact) mass is 491 g/mol. The molecule has 0 bridgehead atoms. The molecule has 1 amide bonds. The molecule has 2 heterocycles. The maximum Gasteiger partial charge on any atom is 0.286 e. The molecule has 2 atom stereocenters. The van der Waals surface area contributed by atoms with E-state index in [1.54, 1.807) is 18.2 Å². The smallest absolute Gasteiger partial charge is 0.286 e. The van der Waals surface area contributed by atoms with E-state index in [9.17, 15) is 14.3 Å². The number of amides is 1. The summed E-state index contributed by atoms with van der Waals surface area (Å²) in [6.45, 7) is 0.678. The molecule has 3 aromatic carbocycles. The van der Waals surface area contributed by atoms with Crippen molar-refractivity contribution in [2.75, 3.05) is 6.79 Å². The number of carbonyl (C=O) groups is 1. The van der Waals surface area contributed by atoms with Gasteiger partial charge in [-0.3, -0.25) is 4.79 Å². The number of ether oxygens (including phenoxy) is 4. The molecule has 3 aromatic rings. The van der Waals surface area contributed by atoms with Crippen molar-refractivity contribution in [3.63, 3.8) is 0 Å². The van der Waals surface area contributed by atoms with E-state index in [1.807, 2.05) is 42.5 Å². The first-order chi connectivity index (χ1) is 17.6. The number of rotatable bonds is 8. The van der Waals surface area contributed by atoms with Crippen LogP contribution in [0.2, 0.25) is 0 Å². The van der Waals surface area contributed by atoms with Crippen molar-refractivity contribution in [3.8, 4) is 11.5 Å². The van der Waals surface area contributed by atoms with Gasteiger partial charge in [-0.15, -0.1) is 0 Å². The molecule has 0 aromatic heterocycles. The molecule has 2 aliphatic heterocycles. The van der Waals surface area contributed by atoms with E-state index in [0.29, 0.717) is 17.9 Å². The molecule has 7 nitrogen and oxygen atoms in total. The fourth-order valence-electron chi connectivity index (χ4n) is 4.10. The SMILES string of the molecule is O=C(NCc1ccc(F)cc1)C1=CC(c2ccc3c(c2)OCO3)CC(OCc2ccc(CO)cc2)O1. The number of allylic oxidation sites excluding steroid dienone is 1. The zero-order valence-electron chi connectivity index (χ0n) is 19.5. The molecule has 0 aliphatic carbocycles. The van der Waals surface area contributed by atoms with Crippen molar-refractivity contribution in [1.29, 1.82) is 0 Å². The van der Waals surface area contributed by atoms with Gasteiger partial charge < -0.3 is 29.4 Å². The van der Waals surface area contributed by atoms with Crippen LogP contribution in [-0.4, -0.2) is 24.1 Å². The molecule has 0 radical (unpaired) electrons. The van der Waals surface area contributed by atoms with Crippen LogP contribution in [-0.2, 0) is 34.0 Å². The lowest BCUT2D eigenvalue weighted by molar-refractivity contribution is -0.150. The van der Waals surface area contributed by atoms with Crippen LogP contribution in [0, 0.1) is 5.82 Å². The van der Waals surface area contributed by atoms with Gasteiger partial charge in [0.15, 0.2) is 17.3 Å². The lowest BCUT2D eigenvalue weighted by atomic mass is 9.92. The second-order valence-corrected chi connectivity index (χ2v) is 8.63. The number of hydrogen-bond donors (Lipinski definition) is 2. The summed E-state index contributed by atoms with van der Waals surface area (Å²) in [6.07, 6.45) is 1.63. The second kappa shape index (κ2) is 10.8. The van der Waals surface area contributed by atoms with Crippen molar-refractivity contribution in [2.45, 2.75) is 38.4 Å². The van der Waals surface area contributed by atoms with E-state index in [2.05, 4.69) is 5.32 Å². The Kier molecular flexibility index (Phi) is 7.16. The van der Waals surface area contributed by atoms with Crippen LogP contribution in [0.4, 0.5) is 4.39 Å². The maximum absolute atomic E-state index is 13.2. The first-order valence-electron chi connectivity index (χ1n) is 11.7. The summed E-state index contributed by atoms with van der Waals surface area (Å²) in [4.78, 5) is 13.0. The zero-order valence-corrected chi connectivity index (χ0v) is 19.5. The van der Waals surface area contributed by atoms with E-state index in [-0.39, 0.29) is 50.0 Å². The van der Waals surface area contributed by atoms with Crippen molar-refractivity contribution >= 4 is 5.91 Å². The van der Waals surface area contributed by atoms with Gasteiger partial charge in [0.1, 0.15) is 5.82 Å². The summed E-state index contributed by atoms with van der Waals surface area (Å²) in [5, 5.41) is 12.1. The minimum Gasteiger partial charge on any atom is -0.459 e. The molecule has 186 valence electrons. The quantitative estimate of drug-likeness (QED) is 0.489. The van der Waals surface area contributed by atoms with Gasteiger partial charge >= 0.3 is 0 Å². The number of aliphatic hydroxyl groups is 1. The molecule has 0 saturated heterocycles. The molecular weight excluding hydrogens is 465 g/mol. The topological polar surface area (TPSA) is 86.3 Å². The van der Waals surface area contributed by atoms with Gasteiger partial charge in [0.2, 0.25) is 13.1 Å². The molecule has 2 N–H and O–H groups in total. The normalized spacial score (nSPS) is 18.3. The molecule has 36 heavy (non-hydrogen) atoms. The highest BCUT2D eigenvalue weighted by atomic mass is 19.1. The minimum absolute atomic E-state index is 0.0225. The third-order valence-electron chi connectivity index (χ3n) is 6.11. The summed E-state index contributed by atoms with van der Waals surface area (Å²) in [5.41, 5.74) is 3.46. The van der Waals surface area contributed by atoms with Crippen LogP contribution in [0.15, 0.2) is 78.6 Å². The first-order valence-corrected chi connectivity index (χ1v) is 11.7. The number of hydrogen-bond acceptors (Lipinski definition) is 6. The molecule has 2 unspecified atom stereocenters. The standard InChI is InChI=1S/C28H26FNO6/c29-23-8-5-18(6-9-23)14-30-28(32)26-12-22(21-7-10-24-25(11-21)35-17-34-24)13-27(36-26)33-16-20-3-1-19(15-31)2-4-20/h1-12,22,27,31H,13-17H2,(H,30,32). The first kappa shape index (κ1) is 23.8. The highest BCUT2D eigenvalue weighted by Gasteiger charge is 2.30. The number of carbonyl (C=O) groups excluding carboxylic acids is 1. The summed E-state index contributed by atoms with van der Waals surface area (Å²) in [6, 6.07) is 19.1. The summed E-state index contributed by atoms with van der Waals surface area (Å²) < 4.78 is 36.1. The fourth-order valence-corrected chi connectivity index (χ4v) is 4.10. The molecular formula is C28H26FNO6. The van der Waals surface area contributed by atoms with Crippen LogP contribution >= 0.6 is 0 Å². The van der Waals surface area contributed by atoms with Gasteiger partial charge in [0, 0.05) is 18.9 Å². The Hall–Kier alpha value is -3.88. The van der Waals surface area contributed by atoms with Crippen LogP contribution in [0.25, 0.3) is 0 Å². The maximum atomic E-state index is 13.2. The van der Waals surface area contributed by atoms with E-state index in [1.165, 1.54) is 12.1 Å². The fraction of sp³-hybridized carbons (Fsp3) is 0.250. The summed E-state index contributed by atoms with van der Waals surface area (Å²) >= 11 is 0. The highest BCUT2D eigenvalue weighted by Crippen LogP contribution is 2.38. The van der Waals surface area contributed by atoms with Crippen molar-refractivity contribution in [1.82, 2.24) is 5.32 Å². The number of aliphatic hydroxyl groups excluding tert-OH is 1. The molecule has 0 spiro atoms. The third-order valence-corrected chi connectivity index (χ3v) is 6.11. The van der Waals surface area contributed by atoms with Gasteiger partial charge in [-0.25, -0.2) is 4.39 Å². The molecule has 5 rings (SSSR count). The summed E-state index contributed by atoms with van der Waals surface area (Å²) in [5.74, 6) is 0.641. The van der Waals surface area contributed by atoms with Crippen molar-refractivity contribution in [3.05, 3.63) is 107 Å². The molecule has 0 fully saturated rings. The largest absolute Gasteiger partial charge is 0.459 e. The van der Waals surface area contributed by atoms with Crippen LogP contribution in [0.1, 0.15) is 34.6 Å². The average Bonchev–Trinajstić information content (AvgIpc) is 3.39. The van der Waals surface area contributed by atoms with Crippen molar-refractivity contribution in [2.24, 2.45) is 0 Å². The lowest BCUT2D eigenvalue weighted by Crippen LogP contribution is -2.32. The van der Waals surface area contributed by atoms with Crippen molar-refractivity contribution < 1.29 is 33.2 Å². The number of nitrogens with one attached hydrogen (secondary N) is 1. The Bertz CT molecular complexity index is 1240. The van der Waals surface area contributed by atoms with Crippen LogP contribution in [0.5, 0.6) is 11.5 Å². The molecule has 8 heteroatoms. The molecule has 2 aliphatic rings. The minimum atomic E-state index is -0.658. The van der Waals surface area contributed by atoms with Crippen LogP contribution < -0.4 is 14.8 Å². The number of halogens is 1. The lowest BCUT2D eigenvalue weighted by Gasteiger charge is -2.29. The predicted molar refractivity (Wildman–Crippen MR) is 128 cm³/mol. The Morgan fingerprint density at radius 2 is 1.69 bits per heavy atom. The Balaban J connectivity index is 1.31. The Morgan fingerprint density at radius 3 is 2.47 bits per heavy atom. The van der Waals surface area contributed by atoms with Gasteiger partial charge in [-0.1, -0.05) is 42.5 Å². The second-order valence-electron chi connectivity index (χ2n) is 8.63. The zero-order chi connectivity index (χ0) is 24.9. The number of fused-ring (bicyclic) bond motifs is 1. The van der Waals surface area contributed by atoms with Gasteiger partial charge in [0.25, 0.3) is 5.91 Å². The van der Waals surface area contributed by atoms with E-state index in [0.717, 1.165) is 22.3 Å². The Labute approximate surface area is 208 Å². The van der Waals surface area contributed by atoms with Gasteiger partial charge in [-0.2, -0.15) is 0 Å². The van der Waals surface area contributed by atoms with Gasteiger partial charge in [-0.05, 0) is 52.6 Å². The highest BCUT2D eigenvalue weighted by molar-refractivity contribution is 5.91. The third kappa shape index (κ3) is 5.67. The van der Waals surface area contributed by atoms with Gasteiger partial charge in [0.05, 0.1) is 13.2 Å².